The van der Waals surface area contributed by atoms with E-state index in [9.17, 15) is 4.79 Å². The van der Waals surface area contributed by atoms with Crippen LogP contribution in [0.5, 0.6) is 0 Å². The van der Waals surface area contributed by atoms with Crippen LogP contribution in [0.1, 0.15) is 43.0 Å². The van der Waals surface area contributed by atoms with Crippen LogP contribution >= 0.6 is 23.2 Å². The Hall–Kier alpha value is -1.32. The number of carbonyl (C=O) groups excluding carboxylic acids is 1. The van der Waals surface area contributed by atoms with E-state index in [4.69, 9.17) is 28.0 Å². The number of allylic oxidation sites excluding steroid dienone is 2. The third kappa shape index (κ3) is 3.61. The predicted octanol–water partition coefficient (Wildman–Crippen LogP) is 5.23. The molecule has 1 heterocycles. The molecule has 122 valence electrons. The van der Waals surface area contributed by atoms with Crippen molar-refractivity contribution in [2.75, 3.05) is 5.88 Å². The van der Waals surface area contributed by atoms with Crippen LogP contribution < -0.4 is 0 Å². The number of rotatable bonds is 4. The maximum Gasteiger partial charge on any atom is 0.166 e. The molecule has 5 heteroatoms. The number of oxime groups is 1. The second-order valence-corrected chi connectivity index (χ2v) is 6.95. The summed E-state index contributed by atoms with van der Waals surface area (Å²) in [6.07, 6.45) is 3.48. The third-order valence-electron chi connectivity index (χ3n) is 4.72. The molecular formula is C18H19Cl2NO2. The summed E-state index contributed by atoms with van der Waals surface area (Å²) in [7, 11) is 0. The quantitative estimate of drug-likeness (QED) is 0.550. The third-order valence-corrected chi connectivity index (χ3v) is 5.19. The molecule has 0 bridgehead atoms. The predicted molar refractivity (Wildman–Crippen MR) is 93.2 cm³/mol. The van der Waals surface area contributed by atoms with Gasteiger partial charge >= 0.3 is 0 Å². The number of ketones is 1. The van der Waals surface area contributed by atoms with Crippen LogP contribution in [0.4, 0.5) is 0 Å². The van der Waals surface area contributed by atoms with E-state index in [2.05, 4.69) is 5.16 Å². The lowest BCUT2D eigenvalue weighted by atomic mass is 9.68. The highest BCUT2D eigenvalue weighted by Gasteiger charge is 2.38. The Morgan fingerprint density at radius 2 is 2.13 bits per heavy atom. The van der Waals surface area contributed by atoms with Gasteiger partial charge in [-0.1, -0.05) is 28.9 Å². The van der Waals surface area contributed by atoms with Gasteiger partial charge in [0, 0.05) is 22.4 Å². The first kappa shape index (κ1) is 16.5. The summed E-state index contributed by atoms with van der Waals surface area (Å²) in [4.78, 5) is 17.9. The number of hydrogen-bond acceptors (Lipinski definition) is 3. The van der Waals surface area contributed by atoms with E-state index in [1.807, 2.05) is 19.1 Å². The molecule has 0 radical (unpaired) electrons. The average Bonchev–Trinajstić information content (AvgIpc) is 2.68. The lowest BCUT2D eigenvalue weighted by Gasteiger charge is -2.34. The van der Waals surface area contributed by atoms with Crippen molar-refractivity contribution in [1.82, 2.24) is 0 Å². The Bertz CT molecular complexity index is 675. The largest absolute Gasteiger partial charge is 0.360 e. The van der Waals surface area contributed by atoms with E-state index in [1.54, 1.807) is 12.1 Å². The van der Waals surface area contributed by atoms with Crippen LogP contribution in [0.15, 0.2) is 40.8 Å². The number of hydrogen-bond donors (Lipinski definition) is 0. The Labute approximate surface area is 146 Å². The van der Waals surface area contributed by atoms with Crippen LogP contribution in [0.25, 0.3) is 0 Å². The summed E-state index contributed by atoms with van der Waals surface area (Å²) in [5.41, 5.74) is 2.91. The lowest BCUT2D eigenvalue weighted by Crippen LogP contribution is -2.35. The Kier molecular flexibility index (Phi) is 5.08. The van der Waals surface area contributed by atoms with E-state index in [0.29, 0.717) is 22.4 Å². The fraction of sp³-hybridized carbons (Fsp3) is 0.444. The summed E-state index contributed by atoms with van der Waals surface area (Å²) in [5.74, 6) is 1.68. The standard InChI is InChI=1S/C18H19Cl2NO2/c1-11-5-6-16(21-23-17(11)10-19)13-7-14(8-13)18(22)12-3-2-4-15(20)9-12/h2-4,9,13-14H,5-8,10H2,1H3. The topological polar surface area (TPSA) is 38.7 Å². The molecule has 3 nitrogen and oxygen atoms in total. The maximum absolute atomic E-state index is 12.5. The van der Waals surface area contributed by atoms with Crippen LogP contribution in [-0.2, 0) is 4.84 Å². The molecular weight excluding hydrogens is 333 g/mol. The van der Waals surface area contributed by atoms with Crippen molar-refractivity contribution in [1.29, 1.82) is 0 Å². The molecule has 0 amide bonds. The second kappa shape index (κ2) is 7.06. The van der Waals surface area contributed by atoms with Crippen LogP contribution in [0, 0.1) is 11.8 Å². The van der Waals surface area contributed by atoms with Gasteiger partial charge in [-0.05, 0) is 50.3 Å². The van der Waals surface area contributed by atoms with Crippen molar-refractivity contribution in [2.24, 2.45) is 17.0 Å². The molecule has 23 heavy (non-hydrogen) atoms. The molecule has 0 N–H and O–H groups in total. The highest BCUT2D eigenvalue weighted by Crippen LogP contribution is 2.39. The van der Waals surface area contributed by atoms with Crippen LogP contribution in [0.3, 0.4) is 0 Å². The summed E-state index contributed by atoms with van der Waals surface area (Å²) < 4.78 is 0. The molecule has 1 aromatic carbocycles. The van der Waals surface area contributed by atoms with E-state index in [1.165, 1.54) is 0 Å². The Morgan fingerprint density at radius 3 is 2.83 bits per heavy atom. The Morgan fingerprint density at radius 1 is 1.35 bits per heavy atom. The van der Waals surface area contributed by atoms with Crippen molar-refractivity contribution in [2.45, 2.75) is 32.6 Å². The number of nitrogens with zero attached hydrogens (tertiary/aromatic N) is 1. The van der Waals surface area contributed by atoms with Gasteiger partial charge in [0.25, 0.3) is 0 Å². The van der Waals surface area contributed by atoms with Crippen molar-refractivity contribution in [3.63, 3.8) is 0 Å². The van der Waals surface area contributed by atoms with Gasteiger partial charge in [-0.3, -0.25) is 4.79 Å². The molecule has 1 fully saturated rings. The lowest BCUT2D eigenvalue weighted by molar-refractivity contribution is 0.0820. The number of alkyl halides is 1. The fourth-order valence-electron chi connectivity index (χ4n) is 3.09. The van der Waals surface area contributed by atoms with Gasteiger partial charge in [-0.2, -0.15) is 0 Å². The zero-order valence-corrected chi connectivity index (χ0v) is 14.5. The zero-order chi connectivity index (χ0) is 16.4. The van der Waals surface area contributed by atoms with Gasteiger partial charge in [0.2, 0.25) is 0 Å². The van der Waals surface area contributed by atoms with Gasteiger partial charge < -0.3 is 4.84 Å². The first-order chi connectivity index (χ1) is 11.1. The average molecular weight is 352 g/mol. The number of halogens is 2. The summed E-state index contributed by atoms with van der Waals surface area (Å²) >= 11 is 11.8. The van der Waals surface area contributed by atoms with Gasteiger partial charge in [0.15, 0.2) is 5.78 Å². The van der Waals surface area contributed by atoms with Crippen molar-refractivity contribution in [3.05, 3.63) is 46.2 Å². The molecule has 1 saturated carbocycles. The zero-order valence-electron chi connectivity index (χ0n) is 13.0. The number of benzene rings is 1. The molecule has 1 aliphatic carbocycles. The van der Waals surface area contributed by atoms with E-state index < -0.39 is 0 Å². The van der Waals surface area contributed by atoms with E-state index in [-0.39, 0.29) is 11.7 Å². The highest BCUT2D eigenvalue weighted by molar-refractivity contribution is 6.31. The minimum absolute atomic E-state index is 0.0611. The minimum Gasteiger partial charge on any atom is -0.360 e. The molecule has 3 rings (SSSR count). The van der Waals surface area contributed by atoms with E-state index >= 15 is 0 Å². The first-order valence-electron chi connectivity index (χ1n) is 7.86. The first-order valence-corrected chi connectivity index (χ1v) is 8.78. The molecule has 0 unspecified atom stereocenters. The SMILES string of the molecule is CC1=C(CCl)ON=C(C2CC(C(=O)c3cccc(Cl)c3)C2)CC1. The van der Waals surface area contributed by atoms with Gasteiger partial charge in [0.05, 0.1) is 11.6 Å². The molecule has 0 atom stereocenters. The van der Waals surface area contributed by atoms with Gasteiger partial charge in [0.1, 0.15) is 5.76 Å². The molecule has 0 aromatic heterocycles. The fourth-order valence-corrected chi connectivity index (χ4v) is 3.56. The number of Topliss-reactive ketones (excluding diaryl/α,β-unsaturated/α-hetero) is 1. The van der Waals surface area contributed by atoms with Gasteiger partial charge in [-0.15, -0.1) is 11.6 Å². The van der Waals surface area contributed by atoms with Crippen molar-refractivity contribution in [3.8, 4) is 0 Å². The van der Waals surface area contributed by atoms with Crippen molar-refractivity contribution < 1.29 is 9.63 Å². The normalized spacial score (nSPS) is 24.4. The smallest absolute Gasteiger partial charge is 0.166 e. The molecule has 0 saturated heterocycles. The van der Waals surface area contributed by atoms with Crippen molar-refractivity contribution >= 4 is 34.7 Å². The Balaban J connectivity index is 1.59. The minimum atomic E-state index is 0.0611. The molecule has 2 aliphatic rings. The molecule has 1 aliphatic heterocycles. The summed E-state index contributed by atoms with van der Waals surface area (Å²) in [6, 6.07) is 7.16. The second-order valence-electron chi connectivity index (χ2n) is 6.25. The number of carbonyl (C=O) groups is 1. The van der Waals surface area contributed by atoms with Crippen LogP contribution in [0.2, 0.25) is 5.02 Å². The van der Waals surface area contributed by atoms with Gasteiger partial charge in [-0.25, -0.2) is 0 Å². The summed E-state index contributed by atoms with van der Waals surface area (Å²) in [6.45, 7) is 2.03. The molecule has 1 aromatic rings. The monoisotopic (exact) mass is 351 g/mol. The van der Waals surface area contributed by atoms with Crippen LogP contribution in [-0.4, -0.2) is 17.4 Å². The molecule has 0 spiro atoms. The van der Waals surface area contributed by atoms with E-state index in [0.717, 1.165) is 42.7 Å². The highest BCUT2D eigenvalue weighted by atomic mass is 35.5. The summed E-state index contributed by atoms with van der Waals surface area (Å²) in [5, 5.41) is 4.87. The maximum atomic E-state index is 12.5.